The highest BCUT2D eigenvalue weighted by molar-refractivity contribution is 6.05. The largest absolute Gasteiger partial charge is 0.380 e. The van der Waals surface area contributed by atoms with Gasteiger partial charge in [-0.2, -0.15) is 0 Å². The summed E-state index contributed by atoms with van der Waals surface area (Å²) in [5.74, 6) is -2.77. The maximum atomic E-state index is 12.3. The van der Waals surface area contributed by atoms with Gasteiger partial charge in [0.15, 0.2) is 0 Å². The van der Waals surface area contributed by atoms with E-state index < -0.39 is 28.6 Å². The smallest absolute Gasteiger partial charge is 0.343 e. The minimum absolute atomic E-state index is 0.0133. The molecule has 0 aromatic carbocycles. The molecule has 1 saturated heterocycles. The molecule has 0 saturated carbocycles. The first kappa shape index (κ1) is 18.8. The van der Waals surface area contributed by atoms with Gasteiger partial charge < -0.3 is 19.3 Å². The van der Waals surface area contributed by atoms with Gasteiger partial charge in [0.2, 0.25) is 0 Å². The molecule has 1 aliphatic rings. The first-order valence-electron chi connectivity index (χ1n) is 8.04. The Morgan fingerprint density at radius 1 is 1.07 bits per heavy atom. The normalized spacial score (nSPS) is 13.7. The number of aromatic nitrogens is 2. The van der Waals surface area contributed by atoms with Gasteiger partial charge in [-0.25, -0.2) is 4.79 Å². The highest BCUT2D eigenvalue weighted by atomic mass is 16.7. The number of nitrogens with one attached hydrogen (secondary N) is 1. The number of nitrogens with zero attached hydrogens (tertiary/aromatic N) is 4. The van der Waals surface area contributed by atoms with E-state index in [1.54, 1.807) is 0 Å². The summed E-state index contributed by atoms with van der Waals surface area (Å²) >= 11 is 0. The van der Waals surface area contributed by atoms with Gasteiger partial charge in [0.1, 0.15) is 11.4 Å². The molecule has 0 atom stereocenters. The number of imide groups is 1. The Kier molecular flexibility index (Phi) is 4.69. The van der Waals surface area contributed by atoms with Crippen molar-refractivity contribution in [1.29, 1.82) is 0 Å². The van der Waals surface area contributed by atoms with Crippen molar-refractivity contribution in [2.24, 2.45) is 14.1 Å². The minimum Gasteiger partial charge on any atom is -0.343 e. The zero-order chi connectivity index (χ0) is 20.6. The van der Waals surface area contributed by atoms with Gasteiger partial charge in [0, 0.05) is 39.2 Å². The Labute approximate surface area is 157 Å². The average Bonchev–Trinajstić information content (AvgIpc) is 3.28. The third-order valence-corrected chi connectivity index (χ3v) is 4.09. The Morgan fingerprint density at radius 3 is 2.25 bits per heavy atom. The summed E-state index contributed by atoms with van der Waals surface area (Å²) < 4.78 is 2.65. The Balaban J connectivity index is 1.74. The Bertz CT molecular complexity index is 1000. The van der Waals surface area contributed by atoms with Crippen LogP contribution in [-0.4, -0.2) is 42.8 Å². The first-order valence-corrected chi connectivity index (χ1v) is 8.04. The van der Waals surface area contributed by atoms with Gasteiger partial charge >= 0.3 is 5.97 Å². The van der Waals surface area contributed by atoms with E-state index in [2.05, 4.69) is 5.32 Å². The summed E-state index contributed by atoms with van der Waals surface area (Å²) in [6.07, 6.45) is 2.57. The van der Waals surface area contributed by atoms with Crippen molar-refractivity contribution in [3.05, 3.63) is 46.0 Å². The van der Waals surface area contributed by atoms with E-state index in [0.29, 0.717) is 5.06 Å². The van der Waals surface area contributed by atoms with Crippen LogP contribution in [0.5, 0.6) is 0 Å². The molecule has 146 valence electrons. The van der Waals surface area contributed by atoms with Crippen LogP contribution in [0.4, 0.5) is 11.4 Å². The lowest BCUT2D eigenvalue weighted by atomic mass is 10.3. The second-order valence-corrected chi connectivity index (χ2v) is 6.09. The SMILES string of the molecule is Cn1cc([N+](=O)[O-])cc1C(=O)Nc1cc(C(=O)ON2C(=O)CCC2=O)n(C)c1. The number of hydroxylamine groups is 2. The standard InChI is InChI=1S/C16H15N5O7/c1-18-7-9(17-15(24)11-6-10(21(26)27)8-19(11)2)5-12(18)16(25)28-20-13(22)3-4-14(20)23/h5-8H,3-4H2,1-2H3,(H,17,24). The van der Waals surface area contributed by atoms with Crippen LogP contribution in [0, 0.1) is 10.1 Å². The van der Waals surface area contributed by atoms with Gasteiger partial charge in [0.25, 0.3) is 23.4 Å². The molecule has 1 fully saturated rings. The number of carbonyl (C=O) groups is 4. The van der Waals surface area contributed by atoms with E-state index in [-0.39, 0.29) is 35.6 Å². The summed E-state index contributed by atoms with van der Waals surface area (Å²) in [7, 11) is 2.99. The molecule has 0 radical (unpaired) electrons. The zero-order valence-corrected chi connectivity index (χ0v) is 14.9. The van der Waals surface area contributed by atoms with Crippen LogP contribution in [0.25, 0.3) is 0 Å². The van der Waals surface area contributed by atoms with Crippen LogP contribution >= 0.6 is 0 Å². The Morgan fingerprint density at radius 2 is 1.68 bits per heavy atom. The fourth-order valence-corrected chi connectivity index (χ4v) is 2.69. The van der Waals surface area contributed by atoms with Crippen molar-refractivity contribution in [3.63, 3.8) is 0 Å². The lowest BCUT2D eigenvalue weighted by Crippen LogP contribution is -2.32. The Hall–Kier alpha value is -3.96. The molecule has 28 heavy (non-hydrogen) atoms. The highest BCUT2D eigenvalue weighted by Gasteiger charge is 2.33. The molecular weight excluding hydrogens is 374 g/mol. The molecule has 0 unspecified atom stereocenters. The third-order valence-electron chi connectivity index (χ3n) is 4.09. The predicted molar refractivity (Wildman–Crippen MR) is 91.9 cm³/mol. The monoisotopic (exact) mass is 389 g/mol. The second kappa shape index (κ2) is 6.98. The third kappa shape index (κ3) is 3.47. The number of nitro groups is 1. The maximum absolute atomic E-state index is 12.3. The van der Waals surface area contributed by atoms with Crippen molar-refractivity contribution in [2.45, 2.75) is 12.8 Å². The summed E-state index contributed by atoms with van der Waals surface area (Å²) in [4.78, 5) is 62.7. The topological polar surface area (TPSA) is 146 Å². The predicted octanol–water partition coefficient (Wildman–Crippen LogP) is 0.745. The first-order chi connectivity index (χ1) is 13.2. The van der Waals surface area contributed by atoms with Gasteiger partial charge in [-0.05, 0) is 6.07 Å². The molecule has 0 aliphatic carbocycles. The van der Waals surface area contributed by atoms with E-state index in [4.69, 9.17) is 4.84 Å². The fourth-order valence-electron chi connectivity index (χ4n) is 2.69. The molecular formula is C16H15N5O7. The molecule has 3 rings (SSSR count). The number of hydrogen-bond acceptors (Lipinski definition) is 7. The summed E-state index contributed by atoms with van der Waals surface area (Å²) in [5.41, 5.74) is 0.0286. The van der Waals surface area contributed by atoms with E-state index in [1.807, 2.05) is 0 Å². The fraction of sp³-hybridized carbons (Fsp3) is 0.250. The number of aryl methyl sites for hydroxylation is 2. The van der Waals surface area contributed by atoms with Crippen LogP contribution in [0.2, 0.25) is 0 Å². The van der Waals surface area contributed by atoms with Crippen LogP contribution in [0.15, 0.2) is 24.5 Å². The zero-order valence-electron chi connectivity index (χ0n) is 14.9. The molecule has 3 heterocycles. The van der Waals surface area contributed by atoms with E-state index in [1.165, 1.54) is 41.7 Å². The number of amides is 3. The van der Waals surface area contributed by atoms with Gasteiger partial charge in [-0.3, -0.25) is 24.5 Å². The number of carbonyl (C=O) groups excluding carboxylic acids is 4. The van der Waals surface area contributed by atoms with Crippen molar-refractivity contribution in [2.75, 3.05) is 5.32 Å². The molecule has 0 bridgehead atoms. The summed E-state index contributed by atoms with van der Waals surface area (Å²) in [6, 6.07) is 2.42. The summed E-state index contributed by atoms with van der Waals surface area (Å²) in [5, 5.41) is 13.8. The number of hydrogen-bond donors (Lipinski definition) is 1. The number of rotatable bonds is 5. The van der Waals surface area contributed by atoms with E-state index >= 15 is 0 Å². The van der Waals surface area contributed by atoms with Crippen LogP contribution in [0.3, 0.4) is 0 Å². The molecule has 1 aliphatic heterocycles. The lowest BCUT2D eigenvalue weighted by Gasteiger charge is -2.12. The van der Waals surface area contributed by atoms with Gasteiger partial charge in [-0.15, -0.1) is 5.06 Å². The molecule has 2 aromatic heterocycles. The van der Waals surface area contributed by atoms with Crippen molar-refractivity contribution in [3.8, 4) is 0 Å². The quantitative estimate of drug-likeness (QED) is 0.451. The minimum atomic E-state index is -0.943. The van der Waals surface area contributed by atoms with Gasteiger partial charge in [-0.1, -0.05) is 0 Å². The average molecular weight is 389 g/mol. The maximum Gasteiger partial charge on any atom is 0.380 e. The molecule has 12 heteroatoms. The molecule has 12 nitrogen and oxygen atoms in total. The second-order valence-electron chi connectivity index (χ2n) is 6.09. The highest BCUT2D eigenvalue weighted by Crippen LogP contribution is 2.20. The molecule has 2 aromatic rings. The molecule has 0 spiro atoms. The van der Waals surface area contributed by atoms with E-state index in [9.17, 15) is 29.3 Å². The lowest BCUT2D eigenvalue weighted by molar-refractivity contribution is -0.384. The van der Waals surface area contributed by atoms with Crippen LogP contribution in [-0.2, 0) is 28.5 Å². The van der Waals surface area contributed by atoms with Crippen molar-refractivity contribution in [1.82, 2.24) is 14.2 Å². The van der Waals surface area contributed by atoms with E-state index in [0.717, 1.165) is 6.07 Å². The van der Waals surface area contributed by atoms with Crippen molar-refractivity contribution < 1.29 is 28.9 Å². The van der Waals surface area contributed by atoms with Crippen molar-refractivity contribution >= 4 is 35.1 Å². The molecule has 1 N–H and O–H groups in total. The molecule has 3 amide bonds. The number of anilines is 1. The van der Waals surface area contributed by atoms with Crippen LogP contribution in [0.1, 0.15) is 33.8 Å². The van der Waals surface area contributed by atoms with Crippen LogP contribution < -0.4 is 5.32 Å². The van der Waals surface area contributed by atoms with Gasteiger partial charge in [0.05, 0.1) is 16.8 Å². The summed E-state index contributed by atoms with van der Waals surface area (Å²) in [6.45, 7) is 0.